The Hall–Kier alpha value is -3.45. The number of aromatic nitrogens is 5. The summed E-state index contributed by atoms with van der Waals surface area (Å²) in [6.45, 7) is 6.82. The Morgan fingerprint density at radius 3 is 2.42 bits per heavy atom. The summed E-state index contributed by atoms with van der Waals surface area (Å²) < 4.78 is 3.59. The summed E-state index contributed by atoms with van der Waals surface area (Å²) in [5.74, 6) is 0.417. The third-order valence-corrected chi connectivity index (χ3v) is 5.43. The lowest BCUT2D eigenvalue weighted by Crippen LogP contribution is -2.24. The van der Waals surface area contributed by atoms with Crippen molar-refractivity contribution in [3.8, 4) is 5.69 Å². The predicted octanol–water partition coefficient (Wildman–Crippen LogP) is 4.02. The maximum atomic E-state index is 12.7. The standard InChI is InChI=1S/C23H23ClN6O/c1-15-21(16(2)29(27-15)14-18-7-5-4-6-8-18)13-25-23(31)22-26-17(3)30(28-22)20-11-9-19(24)10-12-20/h4-12H,13-14H2,1-3H3,(H,25,31). The number of hydrogen-bond acceptors (Lipinski definition) is 4. The van der Waals surface area contributed by atoms with Crippen LogP contribution in [0, 0.1) is 20.8 Å². The van der Waals surface area contributed by atoms with Crippen LogP contribution < -0.4 is 5.32 Å². The van der Waals surface area contributed by atoms with Crippen molar-refractivity contribution in [3.63, 3.8) is 0 Å². The number of hydrogen-bond donors (Lipinski definition) is 1. The van der Waals surface area contributed by atoms with Crippen LogP contribution in [0.15, 0.2) is 54.6 Å². The van der Waals surface area contributed by atoms with Crippen molar-refractivity contribution in [1.82, 2.24) is 29.9 Å². The van der Waals surface area contributed by atoms with Gasteiger partial charge in [0.2, 0.25) is 5.82 Å². The Balaban J connectivity index is 1.47. The second-order valence-electron chi connectivity index (χ2n) is 7.35. The fourth-order valence-electron chi connectivity index (χ4n) is 3.46. The minimum atomic E-state index is -0.328. The molecule has 0 aliphatic rings. The highest BCUT2D eigenvalue weighted by molar-refractivity contribution is 6.30. The number of amides is 1. The molecule has 0 aliphatic heterocycles. The van der Waals surface area contributed by atoms with Gasteiger partial charge in [0.1, 0.15) is 5.82 Å². The number of rotatable bonds is 6. The molecule has 2 aromatic carbocycles. The van der Waals surface area contributed by atoms with E-state index in [1.165, 1.54) is 5.56 Å². The second kappa shape index (κ2) is 8.73. The highest BCUT2D eigenvalue weighted by atomic mass is 35.5. The molecule has 2 aromatic heterocycles. The van der Waals surface area contributed by atoms with Gasteiger partial charge in [0.25, 0.3) is 5.91 Å². The first-order valence-corrected chi connectivity index (χ1v) is 10.3. The monoisotopic (exact) mass is 434 g/mol. The van der Waals surface area contributed by atoms with Crippen LogP contribution in [0.1, 0.15) is 39.0 Å². The van der Waals surface area contributed by atoms with Gasteiger partial charge in [-0.05, 0) is 50.6 Å². The van der Waals surface area contributed by atoms with Crippen molar-refractivity contribution < 1.29 is 4.79 Å². The van der Waals surface area contributed by atoms with Crippen LogP contribution in [0.3, 0.4) is 0 Å². The van der Waals surface area contributed by atoms with Gasteiger partial charge in [0.05, 0.1) is 17.9 Å². The molecule has 1 N–H and O–H groups in total. The Kier molecular flexibility index (Phi) is 5.86. The molecule has 2 heterocycles. The van der Waals surface area contributed by atoms with E-state index >= 15 is 0 Å². The summed E-state index contributed by atoms with van der Waals surface area (Å²) in [6.07, 6.45) is 0. The number of aryl methyl sites for hydroxylation is 2. The van der Waals surface area contributed by atoms with E-state index in [0.717, 1.165) is 22.6 Å². The first kappa shape index (κ1) is 20.8. The molecule has 4 aromatic rings. The number of nitrogens with zero attached hydrogens (tertiary/aromatic N) is 5. The molecule has 0 spiro atoms. The molecular weight excluding hydrogens is 412 g/mol. The van der Waals surface area contributed by atoms with Crippen molar-refractivity contribution in [2.75, 3.05) is 0 Å². The maximum Gasteiger partial charge on any atom is 0.291 e. The topological polar surface area (TPSA) is 77.6 Å². The molecule has 0 unspecified atom stereocenters. The number of halogens is 1. The molecule has 0 atom stereocenters. The van der Waals surface area contributed by atoms with E-state index in [2.05, 4.69) is 32.6 Å². The molecule has 0 radical (unpaired) electrons. The zero-order valence-corrected chi connectivity index (χ0v) is 18.4. The van der Waals surface area contributed by atoms with Crippen molar-refractivity contribution in [1.29, 1.82) is 0 Å². The van der Waals surface area contributed by atoms with Gasteiger partial charge in [-0.25, -0.2) is 9.67 Å². The summed E-state index contributed by atoms with van der Waals surface area (Å²) in [6, 6.07) is 17.4. The number of carbonyl (C=O) groups is 1. The van der Waals surface area contributed by atoms with E-state index in [1.807, 2.05) is 48.9 Å². The van der Waals surface area contributed by atoms with Gasteiger partial charge in [-0.3, -0.25) is 9.48 Å². The Morgan fingerprint density at radius 2 is 1.71 bits per heavy atom. The lowest BCUT2D eigenvalue weighted by atomic mass is 10.2. The molecule has 1 amide bonds. The second-order valence-corrected chi connectivity index (χ2v) is 7.78. The van der Waals surface area contributed by atoms with Gasteiger partial charge in [0.15, 0.2) is 0 Å². The summed E-state index contributed by atoms with van der Waals surface area (Å²) in [5, 5.41) is 12.6. The van der Waals surface area contributed by atoms with Crippen LogP contribution in [0.25, 0.3) is 5.69 Å². The molecule has 0 aliphatic carbocycles. The number of benzene rings is 2. The first-order chi connectivity index (χ1) is 14.9. The number of carbonyl (C=O) groups excluding carboxylic acids is 1. The minimum absolute atomic E-state index is 0.124. The van der Waals surface area contributed by atoms with E-state index < -0.39 is 0 Å². The molecule has 158 valence electrons. The van der Waals surface area contributed by atoms with Crippen molar-refractivity contribution >= 4 is 17.5 Å². The molecule has 4 rings (SSSR count). The molecule has 8 heteroatoms. The van der Waals surface area contributed by atoms with Crippen LogP contribution in [0.4, 0.5) is 0 Å². The predicted molar refractivity (Wildman–Crippen MR) is 120 cm³/mol. The fraction of sp³-hybridized carbons (Fsp3) is 0.217. The Labute approximate surface area is 185 Å². The Morgan fingerprint density at radius 1 is 1.00 bits per heavy atom. The zero-order valence-electron chi connectivity index (χ0n) is 17.6. The number of nitrogens with one attached hydrogen (secondary N) is 1. The van der Waals surface area contributed by atoms with E-state index in [0.29, 0.717) is 23.9 Å². The van der Waals surface area contributed by atoms with Crippen molar-refractivity contribution in [3.05, 3.63) is 93.8 Å². The summed E-state index contributed by atoms with van der Waals surface area (Å²) in [7, 11) is 0. The highest BCUT2D eigenvalue weighted by Crippen LogP contribution is 2.16. The zero-order chi connectivity index (χ0) is 22.0. The highest BCUT2D eigenvalue weighted by Gasteiger charge is 2.17. The summed E-state index contributed by atoms with van der Waals surface area (Å²) in [5.41, 5.74) is 4.89. The normalized spacial score (nSPS) is 11.0. The van der Waals surface area contributed by atoms with Crippen molar-refractivity contribution in [2.24, 2.45) is 0 Å². The molecule has 7 nitrogen and oxygen atoms in total. The van der Waals surface area contributed by atoms with Gasteiger partial charge in [-0.1, -0.05) is 41.9 Å². The van der Waals surface area contributed by atoms with E-state index in [-0.39, 0.29) is 11.7 Å². The molecule has 0 saturated carbocycles. The van der Waals surface area contributed by atoms with Gasteiger partial charge < -0.3 is 5.32 Å². The third kappa shape index (κ3) is 4.51. The molecule has 31 heavy (non-hydrogen) atoms. The van der Waals surface area contributed by atoms with E-state index in [9.17, 15) is 4.79 Å². The molecule has 0 saturated heterocycles. The van der Waals surface area contributed by atoms with E-state index in [1.54, 1.807) is 23.7 Å². The third-order valence-electron chi connectivity index (χ3n) is 5.18. The summed E-state index contributed by atoms with van der Waals surface area (Å²) >= 11 is 5.95. The van der Waals surface area contributed by atoms with Gasteiger partial charge in [-0.2, -0.15) is 5.10 Å². The van der Waals surface area contributed by atoms with Crippen molar-refractivity contribution in [2.45, 2.75) is 33.9 Å². The average Bonchev–Trinajstić information content (AvgIpc) is 3.27. The molecular formula is C23H23ClN6O. The van der Waals surface area contributed by atoms with Crippen LogP contribution >= 0.6 is 11.6 Å². The SMILES string of the molecule is Cc1nn(Cc2ccccc2)c(C)c1CNC(=O)c1nc(C)n(-c2ccc(Cl)cc2)n1. The smallest absolute Gasteiger partial charge is 0.291 e. The van der Waals surface area contributed by atoms with Crippen LogP contribution in [0.2, 0.25) is 5.02 Å². The first-order valence-electron chi connectivity index (χ1n) is 9.97. The Bertz CT molecular complexity index is 1210. The van der Waals surface area contributed by atoms with Gasteiger partial charge in [-0.15, -0.1) is 5.10 Å². The lowest BCUT2D eigenvalue weighted by molar-refractivity contribution is 0.0940. The van der Waals surface area contributed by atoms with E-state index in [4.69, 9.17) is 11.6 Å². The largest absolute Gasteiger partial charge is 0.345 e. The minimum Gasteiger partial charge on any atom is -0.345 e. The lowest BCUT2D eigenvalue weighted by Gasteiger charge is -2.06. The maximum absolute atomic E-state index is 12.7. The summed E-state index contributed by atoms with van der Waals surface area (Å²) in [4.78, 5) is 17.0. The molecule has 0 bridgehead atoms. The van der Waals surface area contributed by atoms with Crippen LogP contribution in [-0.4, -0.2) is 30.5 Å². The molecule has 0 fully saturated rings. The van der Waals surface area contributed by atoms with Gasteiger partial charge in [0, 0.05) is 22.8 Å². The quantitative estimate of drug-likeness (QED) is 0.497. The van der Waals surface area contributed by atoms with Crippen LogP contribution in [0.5, 0.6) is 0 Å². The van der Waals surface area contributed by atoms with Crippen LogP contribution in [-0.2, 0) is 13.1 Å². The average molecular weight is 435 g/mol. The fourth-order valence-corrected chi connectivity index (χ4v) is 3.59. The van der Waals surface area contributed by atoms with Gasteiger partial charge >= 0.3 is 0 Å².